The van der Waals surface area contributed by atoms with E-state index in [2.05, 4.69) is 0 Å². The van der Waals surface area contributed by atoms with Crippen molar-refractivity contribution in [3.8, 4) is 0 Å². The second kappa shape index (κ2) is 7.52. The van der Waals surface area contributed by atoms with Crippen LogP contribution in [-0.4, -0.2) is 22.9 Å². The summed E-state index contributed by atoms with van der Waals surface area (Å²) < 4.78 is 0. The van der Waals surface area contributed by atoms with Gasteiger partial charge in [-0.05, 0) is 6.92 Å². The van der Waals surface area contributed by atoms with Crippen molar-refractivity contribution in [1.82, 2.24) is 0 Å². The number of ketones is 1. The molecule has 0 rings (SSSR count). The zero-order valence-electron chi connectivity index (χ0n) is 5.38. The first-order valence-corrected chi connectivity index (χ1v) is 2.29. The van der Waals surface area contributed by atoms with E-state index >= 15 is 0 Å². The first-order valence-electron chi connectivity index (χ1n) is 2.29. The van der Waals surface area contributed by atoms with Gasteiger partial charge in [0.15, 0.2) is 0 Å². The van der Waals surface area contributed by atoms with Crippen molar-refractivity contribution in [1.29, 1.82) is 5.41 Å². The summed E-state index contributed by atoms with van der Waals surface area (Å²) in [6.07, 6.45) is 0.389. The predicted molar refractivity (Wildman–Crippen MR) is 31.3 cm³/mol. The predicted octanol–water partition coefficient (Wildman–Crippen LogP) is -0.0489. The van der Waals surface area contributed by atoms with Crippen molar-refractivity contribution >= 4 is 17.8 Å². The molecule has 0 aliphatic heterocycles. The Balaban J connectivity index is 0. The van der Waals surface area contributed by atoms with Gasteiger partial charge in [0, 0.05) is 0 Å². The van der Waals surface area contributed by atoms with Crippen LogP contribution in [0.1, 0.15) is 13.3 Å². The minimum absolute atomic E-state index is 0.312. The highest BCUT2D eigenvalue weighted by Gasteiger charge is 1.98. The fourth-order valence-corrected chi connectivity index (χ4v) is 0.213. The van der Waals surface area contributed by atoms with Crippen LogP contribution in [0, 0.1) is 5.41 Å². The molecule has 0 aliphatic carbocycles. The van der Waals surface area contributed by atoms with E-state index in [9.17, 15) is 9.59 Å². The van der Waals surface area contributed by atoms with Gasteiger partial charge >= 0.3 is 5.97 Å². The third kappa shape index (κ3) is 31.3. The van der Waals surface area contributed by atoms with Crippen LogP contribution in [-0.2, 0) is 14.4 Å². The Kier molecular flexibility index (Phi) is 8.52. The van der Waals surface area contributed by atoms with Crippen LogP contribution in [0.4, 0.5) is 0 Å². The summed E-state index contributed by atoms with van der Waals surface area (Å²) in [5, 5.41) is 13.3. The smallest absolute Gasteiger partial charge is 0.310 e. The number of carboxylic acids is 1. The lowest BCUT2D eigenvalue weighted by atomic mass is 10.3. The number of carbonyl (C=O) groups excluding carboxylic acids is 2. The van der Waals surface area contributed by atoms with Crippen molar-refractivity contribution < 1.29 is 19.5 Å². The van der Waals surface area contributed by atoms with Gasteiger partial charge in [-0.3, -0.25) is 9.59 Å². The fraction of sp³-hybridized carbons (Fsp3) is 0.400. The number of isocyanates is 1. The molecule has 0 unspecified atom stereocenters. The largest absolute Gasteiger partial charge is 0.481 e. The Morgan fingerprint density at radius 3 is 1.90 bits per heavy atom. The molecule has 0 aromatic carbocycles. The Bertz CT molecular complexity index is 145. The Morgan fingerprint density at radius 1 is 1.60 bits per heavy atom. The second-order valence-corrected chi connectivity index (χ2v) is 1.37. The molecule has 0 aromatic heterocycles. The number of rotatable bonds is 2. The number of carboxylic acid groups (broad SMARTS) is 1. The average Bonchev–Trinajstić information content (AvgIpc) is 1.62. The molecular weight excluding hydrogens is 138 g/mol. The number of nitrogens with one attached hydrogen (secondary N) is 1. The van der Waals surface area contributed by atoms with Crippen LogP contribution in [0.15, 0.2) is 0 Å². The summed E-state index contributed by atoms with van der Waals surface area (Å²) >= 11 is 0. The average molecular weight is 145 g/mol. The highest BCUT2D eigenvalue weighted by Crippen LogP contribution is 1.77. The highest BCUT2D eigenvalue weighted by atomic mass is 16.4. The van der Waals surface area contributed by atoms with Crippen LogP contribution >= 0.6 is 0 Å². The van der Waals surface area contributed by atoms with Gasteiger partial charge in [0.1, 0.15) is 12.2 Å². The van der Waals surface area contributed by atoms with Gasteiger partial charge in [-0.1, -0.05) is 0 Å². The summed E-state index contributed by atoms with van der Waals surface area (Å²) in [6.45, 7) is 1.24. The summed E-state index contributed by atoms with van der Waals surface area (Å²) in [4.78, 5) is 27.8. The SMILES string of the molecule is CC(=O)CC(=O)O.N=C=O. The van der Waals surface area contributed by atoms with E-state index in [1.54, 1.807) is 0 Å². The van der Waals surface area contributed by atoms with E-state index in [0.29, 0.717) is 0 Å². The second-order valence-electron chi connectivity index (χ2n) is 1.37. The number of carbonyl (C=O) groups is 2. The normalized spacial score (nSPS) is 6.50. The first-order chi connectivity index (χ1) is 4.54. The maximum Gasteiger partial charge on any atom is 0.310 e. The van der Waals surface area contributed by atoms with E-state index in [4.69, 9.17) is 15.3 Å². The lowest BCUT2D eigenvalue weighted by Crippen LogP contribution is -2.00. The molecule has 0 aliphatic rings. The lowest BCUT2D eigenvalue weighted by molar-refractivity contribution is -0.139. The summed E-state index contributed by atoms with van der Waals surface area (Å²) in [5.74, 6) is -1.37. The molecule has 0 spiro atoms. The fourth-order valence-electron chi connectivity index (χ4n) is 0.213. The van der Waals surface area contributed by atoms with E-state index in [0.717, 1.165) is 6.08 Å². The Morgan fingerprint density at radius 2 is 1.90 bits per heavy atom. The molecule has 56 valence electrons. The van der Waals surface area contributed by atoms with Crippen molar-refractivity contribution in [2.24, 2.45) is 0 Å². The number of Topliss-reactive ketones (excluding diaryl/α,β-unsaturated/α-hetero) is 1. The van der Waals surface area contributed by atoms with Gasteiger partial charge in [-0.2, -0.15) is 0 Å². The standard InChI is InChI=1S/C4H6O3.CHNO/c1-3(5)2-4(6)7;2-1-3/h2H2,1H3,(H,6,7);2H. The van der Waals surface area contributed by atoms with Crippen LogP contribution in [0.25, 0.3) is 0 Å². The number of aliphatic carboxylic acids is 1. The molecule has 0 aromatic rings. The monoisotopic (exact) mass is 145 g/mol. The van der Waals surface area contributed by atoms with Gasteiger partial charge in [-0.15, -0.1) is 0 Å². The van der Waals surface area contributed by atoms with Crippen LogP contribution in [0.2, 0.25) is 0 Å². The van der Waals surface area contributed by atoms with Gasteiger partial charge in [-0.25, -0.2) is 10.2 Å². The van der Waals surface area contributed by atoms with Gasteiger partial charge < -0.3 is 5.11 Å². The van der Waals surface area contributed by atoms with E-state index in [1.165, 1.54) is 6.92 Å². The zero-order valence-corrected chi connectivity index (χ0v) is 5.38. The zero-order chi connectivity index (χ0) is 8.57. The Labute approximate surface area is 57.2 Å². The first kappa shape index (κ1) is 11.3. The van der Waals surface area contributed by atoms with Gasteiger partial charge in [0.25, 0.3) is 0 Å². The Hall–Kier alpha value is -1.48. The van der Waals surface area contributed by atoms with Crippen LogP contribution in [0.5, 0.6) is 0 Å². The van der Waals surface area contributed by atoms with Crippen molar-refractivity contribution in [3.63, 3.8) is 0 Å². The molecular formula is C5H7NO4. The van der Waals surface area contributed by atoms with Crippen molar-refractivity contribution in [3.05, 3.63) is 0 Å². The number of hydrogen-bond acceptors (Lipinski definition) is 4. The molecule has 0 atom stereocenters. The lowest BCUT2D eigenvalue weighted by Gasteiger charge is -1.80. The molecule has 5 heteroatoms. The van der Waals surface area contributed by atoms with Crippen LogP contribution < -0.4 is 0 Å². The van der Waals surface area contributed by atoms with Crippen LogP contribution in [0.3, 0.4) is 0 Å². The van der Waals surface area contributed by atoms with Gasteiger partial charge in [0.05, 0.1) is 0 Å². The summed E-state index contributed by atoms with van der Waals surface area (Å²) in [5.41, 5.74) is 0. The molecule has 0 radical (unpaired) electrons. The molecule has 0 saturated carbocycles. The van der Waals surface area contributed by atoms with Gasteiger partial charge in [0.2, 0.25) is 6.08 Å². The van der Waals surface area contributed by atoms with E-state index in [1.807, 2.05) is 0 Å². The highest BCUT2D eigenvalue weighted by molar-refractivity contribution is 5.93. The minimum atomic E-state index is -1.06. The quantitative estimate of drug-likeness (QED) is 0.323. The molecule has 0 heterocycles. The molecule has 5 nitrogen and oxygen atoms in total. The number of hydrogen-bond donors (Lipinski definition) is 2. The molecule has 0 bridgehead atoms. The summed E-state index contributed by atoms with van der Waals surface area (Å²) in [6, 6.07) is 0. The third-order valence-corrected chi connectivity index (χ3v) is 0.400. The molecule has 0 saturated heterocycles. The van der Waals surface area contributed by atoms with Crippen molar-refractivity contribution in [2.45, 2.75) is 13.3 Å². The molecule has 2 N–H and O–H groups in total. The molecule has 0 fully saturated rings. The van der Waals surface area contributed by atoms with E-state index in [-0.39, 0.29) is 12.2 Å². The summed E-state index contributed by atoms with van der Waals surface area (Å²) in [7, 11) is 0. The van der Waals surface area contributed by atoms with Crippen molar-refractivity contribution in [2.75, 3.05) is 0 Å². The molecule has 0 amide bonds. The third-order valence-electron chi connectivity index (χ3n) is 0.400. The maximum atomic E-state index is 9.87. The minimum Gasteiger partial charge on any atom is -0.481 e. The van der Waals surface area contributed by atoms with E-state index < -0.39 is 5.97 Å². The maximum absolute atomic E-state index is 9.87. The molecule has 10 heavy (non-hydrogen) atoms. The topological polar surface area (TPSA) is 95.3 Å².